The molecule has 318 valence electrons. The maximum atomic E-state index is 14.8. The minimum Gasteiger partial charge on any atom is -0.496 e. The molecule has 1 saturated heterocycles. The Kier molecular flexibility index (Phi) is 11.9. The van der Waals surface area contributed by atoms with Crippen LogP contribution in [-0.4, -0.2) is 91.4 Å². The Bertz CT molecular complexity index is 2310. The average Bonchev–Trinajstić information content (AvgIpc) is 4.17. The number of ether oxygens (including phenoxy) is 3. The molecule has 2 aromatic carbocycles. The van der Waals surface area contributed by atoms with Gasteiger partial charge in [0.15, 0.2) is 0 Å². The number of sulfonamides is 1. The number of benzene rings is 2. The molecule has 5 bridgehead atoms. The minimum atomic E-state index is -3.91. The van der Waals surface area contributed by atoms with E-state index in [-0.39, 0.29) is 31.9 Å². The summed E-state index contributed by atoms with van der Waals surface area (Å²) < 4.78 is 46.5. The van der Waals surface area contributed by atoms with Crippen LogP contribution in [0.4, 0.5) is 4.79 Å². The van der Waals surface area contributed by atoms with E-state index >= 15 is 0 Å². The molecule has 5 aliphatic rings. The van der Waals surface area contributed by atoms with E-state index in [1.165, 1.54) is 4.90 Å². The number of carbonyl (C=O) groups is 4. The van der Waals surface area contributed by atoms with Gasteiger partial charge in [0.25, 0.3) is 5.91 Å². The van der Waals surface area contributed by atoms with E-state index in [0.29, 0.717) is 60.2 Å². The summed E-state index contributed by atoms with van der Waals surface area (Å²) >= 11 is 0. The molecule has 3 aromatic rings. The van der Waals surface area contributed by atoms with Crippen LogP contribution in [-0.2, 0) is 29.1 Å². The number of cyclic esters (lactones) is 1. The van der Waals surface area contributed by atoms with Crippen LogP contribution >= 0.6 is 0 Å². The van der Waals surface area contributed by atoms with Crippen LogP contribution in [0.5, 0.6) is 11.5 Å². The number of methoxy groups -OCH3 is 1. The highest BCUT2D eigenvalue weighted by Gasteiger charge is 2.62. The standard InChI is InChI=1S/C45H53N5O9S/c1-28-13-11-12-16-30-21-34-37(24-39(30)57-2)46-36(29-14-7-6-8-15-29)23-40(34)59-32-22-38-41(51)48-45(43(53)49-60(55,56)33-19-20-33)25-31(45)17-9-4-3-5-10-18-35(42(52)50(38)26-32)47-44(54)58-27-28/h6-9,12,14-17,21,23-24,28,31-33,35,38H,3-5,10-11,13,18-20,22,25-27H2,1-2H3,(H,47,54)(H,48,51)(H,49,53)/b16-12+,17-9-/t28-,31+,32-,35+,38+,45-/m1/s1. The molecule has 15 heteroatoms. The second kappa shape index (κ2) is 17.3. The third-order valence-corrected chi connectivity index (χ3v) is 14.1. The Labute approximate surface area is 350 Å². The number of hydrogen-bond acceptors (Lipinski definition) is 10. The third-order valence-electron chi connectivity index (χ3n) is 12.2. The fourth-order valence-corrected chi connectivity index (χ4v) is 9.87. The first-order valence-corrected chi connectivity index (χ1v) is 22.7. The van der Waals surface area contributed by atoms with Crippen molar-refractivity contribution in [3.05, 3.63) is 72.3 Å². The largest absolute Gasteiger partial charge is 0.496 e. The second-order valence-corrected chi connectivity index (χ2v) is 18.8. The average molecular weight is 840 g/mol. The monoisotopic (exact) mass is 839 g/mol. The fraction of sp³-hybridized carbons (Fsp3) is 0.489. The molecule has 4 heterocycles. The van der Waals surface area contributed by atoms with Gasteiger partial charge in [-0.1, -0.05) is 74.4 Å². The SMILES string of the molecule is COc1cc2nc(-c3ccccc3)cc3c2cc1/C=C/CC[C@@H](C)COC(=O)N[C@H]1CCCCC/C=C\[C@H]2C[C@@]2(C(=O)NS(=O)(=O)C2CC2)NC(=O)[C@@H]2C[C@H](CN2C1=O)O3. The van der Waals surface area contributed by atoms with Gasteiger partial charge in [0.05, 0.1) is 36.7 Å². The highest BCUT2D eigenvalue weighted by Crippen LogP contribution is 2.46. The van der Waals surface area contributed by atoms with Gasteiger partial charge in [-0.25, -0.2) is 18.2 Å². The number of aromatic nitrogens is 1. The summed E-state index contributed by atoms with van der Waals surface area (Å²) in [5.74, 6) is -1.16. The molecule has 2 saturated carbocycles. The van der Waals surface area contributed by atoms with Crippen molar-refractivity contribution in [3.8, 4) is 22.8 Å². The lowest BCUT2D eigenvalue weighted by atomic mass is 10.0. The zero-order valence-corrected chi connectivity index (χ0v) is 34.9. The summed E-state index contributed by atoms with van der Waals surface area (Å²) in [5.41, 5.74) is 1.44. The molecule has 0 radical (unpaired) electrons. The Hall–Kier alpha value is -5.44. The van der Waals surface area contributed by atoms with Crippen molar-refractivity contribution in [2.45, 2.75) is 107 Å². The lowest BCUT2D eigenvalue weighted by molar-refractivity contribution is -0.141. The van der Waals surface area contributed by atoms with Gasteiger partial charge in [-0.05, 0) is 63.4 Å². The van der Waals surface area contributed by atoms with E-state index in [9.17, 15) is 27.6 Å². The molecule has 1 aromatic heterocycles. The molecule has 3 fully saturated rings. The van der Waals surface area contributed by atoms with Crippen LogP contribution in [0.1, 0.15) is 83.1 Å². The molecule has 0 spiro atoms. The Morgan fingerprint density at radius 3 is 2.60 bits per heavy atom. The summed E-state index contributed by atoms with van der Waals surface area (Å²) in [6, 6.07) is 13.3. The second-order valence-electron chi connectivity index (χ2n) is 16.9. The van der Waals surface area contributed by atoms with E-state index in [4.69, 9.17) is 19.2 Å². The number of amides is 4. The first-order valence-electron chi connectivity index (χ1n) is 21.1. The number of carbonyl (C=O) groups excluding carboxylic acids is 4. The van der Waals surface area contributed by atoms with Gasteiger partial charge in [0.2, 0.25) is 21.8 Å². The molecule has 3 N–H and O–H groups in total. The van der Waals surface area contributed by atoms with Crippen LogP contribution in [0.3, 0.4) is 0 Å². The predicted molar refractivity (Wildman–Crippen MR) is 225 cm³/mol. The van der Waals surface area contributed by atoms with Crippen LogP contribution < -0.4 is 24.8 Å². The summed E-state index contributed by atoms with van der Waals surface area (Å²) in [6.45, 7) is 2.14. The van der Waals surface area contributed by atoms with Crippen LogP contribution in [0.15, 0.2) is 66.8 Å². The van der Waals surface area contributed by atoms with E-state index in [1.807, 2.05) is 73.7 Å². The van der Waals surface area contributed by atoms with Crippen molar-refractivity contribution in [1.29, 1.82) is 0 Å². The molecule has 0 unspecified atom stereocenters. The third kappa shape index (κ3) is 9.01. The lowest BCUT2D eigenvalue weighted by Crippen LogP contribution is -2.58. The number of allylic oxidation sites excluding steroid dienone is 2. The minimum absolute atomic E-state index is 0.00678. The normalized spacial score (nSPS) is 28.9. The number of alkyl carbamates (subject to hydrolysis) is 1. The molecule has 14 nitrogen and oxygen atoms in total. The maximum Gasteiger partial charge on any atom is 0.407 e. The van der Waals surface area contributed by atoms with Crippen LogP contribution in [0.25, 0.3) is 28.2 Å². The van der Waals surface area contributed by atoms with E-state index in [1.54, 1.807) is 7.11 Å². The molecule has 60 heavy (non-hydrogen) atoms. The molecule has 6 atom stereocenters. The van der Waals surface area contributed by atoms with Gasteiger partial charge < -0.3 is 29.7 Å². The topological polar surface area (TPSA) is 182 Å². The zero-order chi connectivity index (χ0) is 42.0. The predicted octanol–water partition coefficient (Wildman–Crippen LogP) is 5.80. The molecule has 3 aliphatic heterocycles. The van der Waals surface area contributed by atoms with Gasteiger partial charge >= 0.3 is 6.09 Å². The van der Waals surface area contributed by atoms with Gasteiger partial charge in [-0.2, -0.15) is 0 Å². The maximum absolute atomic E-state index is 14.8. The highest BCUT2D eigenvalue weighted by atomic mass is 32.2. The van der Waals surface area contributed by atoms with Gasteiger partial charge in [0, 0.05) is 41.0 Å². The number of rotatable bonds is 5. The summed E-state index contributed by atoms with van der Waals surface area (Å²) in [5, 5.41) is 5.82. The van der Waals surface area contributed by atoms with Crippen molar-refractivity contribution in [1.82, 2.24) is 25.2 Å². The highest BCUT2D eigenvalue weighted by molar-refractivity contribution is 7.91. The molecular weight excluding hydrogens is 787 g/mol. The van der Waals surface area contributed by atoms with E-state index in [0.717, 1.165) is 36.8 Å². The van der Waals surface area contributed by atoms with Crippen molar-refractivity contribution < 1.29 is 41.8 Å². The Balaban J connectivity index is 1.19. The number of hydrogen-bond donors (Lipinski definition) is 3. The summed E-state index contributed by atoms with van der Waals surface area (Å²) in [6.07, 6.45) is 12.3. The van der Waals surface area contributed by atoms with Crippen molar-refractivity contribution >= 4 is 50.8 Å². The van der Waals surface area contributed by atoms with Gasteiger partial charge in [-0.3, -0.25) is 19.1 Å². The quantitative estimate of drug-likeness (QED) is 0.266. The first kappa shape index (κ1) is 41.3. The summed E-state index contributed by atoms with van der Waals surface area (Å²) in [4.78, 5) is 63.0. The fourth-order valence-electron chi connectivity index (χ4n) is 8.50. The zero-order valence-electron chi connectivity index (χ0n) is 34.1. The number of pyridine rings is 1. The van der Waals surface area contributed by atoms with Gasteiger partial charge in [0.1, 0.15) is 35.2 Å². The number of nitrogens with zero attached hydrogens (tertiary/aromatic N) is 2. The van der Waals surface area contributed by atoms with Crippen molar-refractivity contribution in [2.75, 3.05) is 20.3 Å². The Morgan fingerprint density at radius 2 is 1.82 bits per heavy atom. The van der Waals surface area contributed by atoms with Crippen molar-refractivity contribution in [2.24, 2.45) is 11.8 Å². The van der Waals surface area contributed by atoms with E-state index < -0.39 is 68.7 Å². The molecule has 2 aliphatic carbocycles. The Morgan fingerprint density at radius 1 is 1.00 bits per heavy atom. The lowest BCUT2D eigenvalue weighted by Gasteiger charge is -2.29. The molecule has 8 rings (SSSR count). The van der Waals surface area contributed by atoms with Crippen LogP contribution in [0.2, 0.25) is 0 Å². The summed E-state index contributed by atoms with van der Waals surface area (Å²) in [7, 11) is -2.30. The first-order chi connectivity index (χ1) is 28.9. The van der Waals surface area contributed by atoms with Gasteiger partial charge in [-0.15, -0.1) is 0 Å². The number of nitrogens with one attached hydrogen (secondary N) is 3. The molecular formula is C45H53N5O9S. The van der Waals surface area contributed by atoms with Crippen molar-refractivity contribution in [3.63, 3.8) is 0 Å². The van der Waals surface area contributed by atoms with Crippen LogP contribution in [0, 0.1) is 11.8 Å². The molecule has 4 amide bonds. The smallest absolute Gasteiger partial charge is 0.407 e. The number of fused-ring (bicyclic) bond motifs is 4. The van der Waals surface area contributed by atoms with E-state index in [2.05, 4.69) is 21.4 Å².